The van der Waals surface area contributed by atoms with E-state index in [1.165, 1.54) is 11.3 Å². The molecule has 0 saturated carbocycles. The summed E-state index contributed by atoms with van der Waals surface area (Å²) in [6.07, 6.45) is 2.65. The lowest BCUT2D eigenvalue weighted by Gasteiger charge is -2.08. The van der Waals surface area contributed by atoms with Crippen molar-refractivity contribution in [1.29, 1.82) is 0 Å². The summed E-state index contributed by atoms with van der Waals surface area (Å²) < 4.78 is 1.68. The van der Waals surface area contributed by atoms with Gasteiger partial charge in [0.1, 0.15) is 0 Å². The van der Waals surface area contributed by atoms with Crippen molar-refractivity contribution in [3.8, 4) is 0 Å². The number of rotatable bonds is 4. The van der Waals surface area contributed by atoms with Crippen LogP contribution >= 0.6 is 11.3 Å². The van der Waals surface area contributed by atoms with E-state index in [1.54, 1.807) is 10.6 Å². The molecule has 0 saturated heterocycles. The van der Waals surface area contributed by atoms with Crippen molar-refractivity contribution < 1.29 is 9.90 Å². The highest BCUT2D eigenvalue weighted by Gasteiger charge is 2.06. The average Bonchev–Trinajstić information content (AvgIpc) is 2.69. The summed E-state index contributed by atoms with van der Waals surface area (Å²) in [5.74, 6) is -0.987. The van der Waals surface area contributed by atoms with Crippen LogP contribution in [0.15, 0.2) is 40.5 Å². The lowest BCUT2D eigenvalue weighted by molar-refractivity contribution is -0.131. The Hall–Kier alpha value is -2.14. The smallest absolute Gasteiger partial charge is 0.328 e. The molecule has 0 radical (unpaired) electrons. The molecular formula is C14H13NO3S. The van der Waals surface area contributed by atoms with Crippen molar-refractivity contribution >= 4 is 23.4 Å². The molecule has 1 heterocycles. The molecule has 2 aromatic rings. The van der Waals surface area contributed by atoms with E-state index in [9.17, 15) is 9.59 Å². The molecule has 0 aliphatic rings. The van der Waals surface area contributed by atoms with Crippen molar-refractivity contribution in [2.75, 3.05) is 0 Å². The van der Waals surface area contributed by atoms with Crippen molar-refractivity contribution in [3.05, 3.63) is 62.2 Å². The molecule has 0 aliphatic carbocycles. The maximum Gasteiger partial charge on any atom is 0.328 e. The topological polar surface area (TPSA) is 59.3 Å². The number of hydrogen-bond donors (Lipinski definition) is 1. The molecule has 0 atom stereocenters. The van der Waals surface area contributed by atoms with Gasteiger partial charge in [-0.3, -0.25) is 9.36 Å². The molecule has 19 heavy (non-hydrogen) atoms. The fraction of sp³-hybridized carbons (Fsp3) is 0.143. The zero-order valence-corrected chi connectivity index (χ0v) is 11.2. The first-order valence-corrected chi connectivity index (χ1v) is 6.60. The van der Waals surface area contributed by atoms with Crippen molar-refractivity contribution in [2.45, 2.75) is 13.5 Å². The molecule has 4 nitrogen and oxygen atoms in total. The Bertz CT molecular complexity index is 682. The summed E-state index contributed by atoms with van der Waals surface area (Å²) in [6, 6.07) is 7.45. The van der Waals surface area contributed by atoms with E-state index in [4.69, 9.17) is 5.11 Å². The predicted molar refractivity (Wildman–Crippen MR) is 75.5 cm³/mol. The number of nitrogens with zero attached hydrogens (tertiary/aromatic N) is 1. The Morgan fingerprint density at radius 1 is 1.42 bits per heavy atom. The molecule has 98 valence electrons. The molecule has 0 unspecified atom stereocenters. The predicted octanol–water partition coefficient (Wildman–Crippen LogP) is 2.36. The Morgan fingerprint density at radius 3 is 2.79 bits per heavy atom. The van der Waals surface area contributed by atoms with Gasteiger partial charge >= 0.3 is 10.8 Å². The van der Waals surface area contributed by atoms with Crippen LogP contribution in [0.1, 0.15) is 16.8 Å². The average molecular weight is 275 g/mol. The van der Waals surface area contributed by atoms with Crippen LogP contribution in [-0.2, 0) is 11.3 Å². The van der Waals surface area contributed by atoms with Gasteiger partial charge in [-0.2, -0.15) is 0 Å². The van der Waals surface area contributed by atoms with E-state index < -0.39 is 5.97 Å². The van der Waals surface area contributed by atoms with E-state index in [-0.39, 0.29) is 4.87 Å². The van der Waals surface area contributed by atoms with Gasteiger partial charge in [0.2, 0.25) is 0 Å². The number of benzene rings is 1. The first kappa shape index (κ1) is 13.3. The summed E-state index contributed by atoms with van der Waals surface area (Å²) >= 11 is 1.17. The molecular weight excluding hydrogens is 262 g/mol. The third kappa shape index (κ3) is 3.20. The molecule has 2 rings (SSSR count). The van der Waals surface area contributed by atoms with Crippen molar-refractivity contribution in [1.82, 2.24) is 4.57 Å². The molecule has 0 bridgehead atoms. The van der Waals surface area contributed by atoms with Gasteiger partial charge in [0.25, 0.3) is 0 Å². The monoisotopic (exact) mass is 275 g/mol. The number of carbonyl (C=O) groups is 1. The molecule has 0 spiro atoms. The van der Waals surface area contributed by atoms with Crippen LogP contribution in [-0.4, -0.2) is 15.6 Å². The first-order chi connectivity index (χ1) is 9.08. The second-order valence-electron chi connectivity index (χ2n) is 4.10. The normalized spacial score (nSPS) is 11.0. The Kier molecular flexibility index (Phi) is 3.97. The summed E-state index contributed by atoms with van der Waals surface area (Å²) in [5.41, 5.74) is 2.64. The van der Waals surface area contributed by atoms with Gasteiger partial charge < -0.3 is 5.11 Å². The van der Waals surface area contributed by atoms with Crippen LogP contribution < -0.4 is 4.87 Å². The third-order valence-corrected chi connectivity index (χ3v) is 3.65. The Labute approximate surface area is 114 Å². The molecule has 1 aromatic heterocycles. The van der Waals surface area contributed by atoms with Crippen molar-refractivity contribution in [2.24, 2.45) is 0 Å². The zero-order valence-electron chi connectivity index (χ0n) is 10.4. The molecule has 1 aromatic carbocycles. The number of aliphatic carboxylic acids is 1. The Morgan fingerprint density at radius 2 is 2.16 bits per heavy atom. The van der Waals surface area contributed by atoms with Crippen LogP contribution in [0, 0.1) is 6.92 Å². The largest absolute Gasteiger partial charge is 0.478 e. The van der Waals surface area contributed by atoms with Gasteiger partial charge in [0, 0.05) is 17.2 Å². The minimum absolute atomic E-state index is 0.00508. The molecule has 0 aliphatic heterocycles. The zero-order chi connectivity index (χ0) is 13.8. The van der Waals surface area contributed by atoms with Gasteiger partial charge in [0.15, 0.2) is 0 Å². The quantitative estimate of drug-likeness (QED) is 0.871. The highest BCUT2D eigenvalue weighted by atomic mass is 32.1. The van der Waals surface area contributed by atoms with E-state index in [1.807, 2.05) is 36.6 Å². The third-order valence-electron chi connectivity index (χ3n) is 2.77. The summed E-state index contributed by atoms with van der Waals surface area (Å²) in [4.78, 5) is 22.3. The minimum atomic E-state index is -0.987. The standard InChI is InChI=1S/C14H13NO3S/c1-10-9-19-14(18)15(10)8-12-5-3-2-4-11(12)6-7-13(16)17/h2-7,9H,8H2,1H3,(H,16,17). The summed E-state index contributed by atoms with van der Waals surface area (Å²) in [6.45, 7) is 2.34. The highest BCUT2D eigenvalue weighted by Crippen LogP contribution is 2.13. The van der Waals surface area contributed by atoms with Crippen molar-refractivity contribution in [3.63, 3.8) is 0 Å². The number of hydrogen-bond acceptors (Lipinski definition) is 3. The Balaban J connectivity index is 2.36. The van der Waals surface area contributed by atoms with Gasteiger partial charge in [-0.25, -0.2) is 4.79 Å². The number of carboxylic acid groups (broad SMARTS) is 1. The number of aromatic nitrogens is 1. The minimum Gasteiger partial charge on any atom is -0.478 e. The fourth-order valence-electron chi connectivity index (χ4n) is 1.77. The van der Waals surface area contributed by atoms with E-state index in [0.717, 1.165) is 22.9 Å². The van der Waals surface area contributed by atoms with E-state index in [0.29, 0.717) is 6.54 Å². The van der Waals surface area contributed by atoms with Gasteiger partial charge in [-0.15, -0.1) is 0 Å². The SMILES string of the molecule is Cc1csc(=O)n1Cc1ccccc1C=CC(=O)O. The summed E-state index contributed by atoms with van der Waals surface area (Å²) in [5, 5.41) is 10.5. The second-order valence-corrected chi connectivity index (χ2v) is 4.92. The maximum atomic E-state index is 11.7. The highest BCUT2D eigenvalue weighted by molar-refractivity contribution is 7.07. The van der Waals surface area contributed by atoms with E-state index in [2.05, 4.69) is 0 Å². The molecule has 1 N–H and O–H groups in total. The lowest BCUT2D eigenvalue weighted by atomic mass is 10.1. The number of thiazole rings is 1. The second kappa shape index (κ2) is 5.67. The summed E-state index contributed by atoms with van der Waals surface area (Å²) in [7, 11) is 0. The van der Waals surface area contributed by atoms with Gasteiger partial charge in [-0.05, 0) is 24.1 Å². The van der Waals surface area contributed by atoms with E-state index >= 15 is 0 Å². The fourth-order valence-corrected chi connectivity index (χ4v) is 2.50. The first-order valence-electron chi connectivity index (χ1n) is 5.72. The number of carboxylic acids is 1. The molecule has 0 fully saturated rings. The molecule has 5 heteroatoms. The molecule has 0 amide bonds. The van der Waals surface area contributed by atoms with Crippen LogP contribution in [0.5, 0.6) is 0 Å². The van der Waals surface area contributed by atoms with Crippen LogP contribution in [0.25, 0.3) is 6.08 Å². The van der Waals surface area contributed by atoms with Gasteiger partial charge in [0.05, 0.1) is 6.54 Å². The van der Waals surface area contributed by atoms with Crippen LogP contribution in [0.4, 0.5) is 0 Å². The number of aryl methyl sites for hydroxylation is 1. The van der Waals surface area contributed by atoms with Crippen LogP contribution in [0.2, 0.25) is 0 Å². The van der Waals surface area contributed by atoms with Gasteiger partial charge in [-0.1, -0.05) is 35.6 Å². The maximum absolute atomic E-state index is 11.7. The lowest BCUT2D eigenvalue weighted by Crippen LogP contribution is -2.15. The van der Waals surface area contributed by atoms with Crippen LogP contribution in [0.3, 0.4) is 0 Å².